The van der Waals surface area contributed by atoms with E-state index in [0.717, 1.165) is 11.4 Å². The van der Waals surface area contributed by atoms with Crippen LogP contribution in [0.3, 0.4) is 0 Å². The van der Waals surface area contributed by atoms with Crippen LogP contribution in [0.25, 0.3) is 0 Å². The number of amides is 1. The molecule has 2 heterocycles. The van der Waals surface area contributed by atoms with Crippen LogP contribution >= 0.6 is 23.4 Å². The van der Waals surface area contributed by atoms with Gasteiger partial charge in [-0.1, -0.05) is 59.3 Å². The lowest BCUT2D eigenvalue weighted by molar-refractivity contribution is -0.116. The van der Waals surface area contributed by atoms with Gasteiger partial charge in [0.25, 0.3) is 0 Å². The van der Waals surface area contributed by atoms with Gasteiger partial charge in [-0.25, -0.2) is 4.68 Å². The van der Waals surface area contributed by atoms with Crippen LogP contribution < -0.4 is 10.7 Å². The molecule has 0 fully saturated rings. The second-order valence-corrected chi connectivity index (χ2v) is 7.97. The van der Waals surface area contributed by atoms with E-state index < -0.39 is 5.25 Å². The van der Waals surface area contributed by atoms with Crippen molar-refractivity contribution in [2.75, 3.05) is 10.7 Å². The highest BCUT2D eigenvalue weighted by molar-refractivity contribution is 8.00. The summed E-state index contributed by atoms with van der Waals surface area (Å²) in [6.07, 6.45) is 0. The van der Waals surface area contributed by atoms with Crippen molar-refractivity contribution < 1.29 is 4.79 Å². The molecule has 8 heteroatoms. The molecule has 0 radical (unpaired) electrons. The Bertz CT molecular complexity index is 988. The third kappa shape index (κ3) is 3.65. The molecule has 1 aliphatic heterocycles. The number of halogens is 1. The van der Waals surface area contributed by atoms with E-state index in [1.807, 2.05) is 54.9 Å². The second kappa shape index (κ2) is 7.25. The molecule has 3 aromatic rings. The van der Waals surface area contributed by atoms with Crippen LogP contribution in [0.4, 0.5) is 5.69 Å². The maximum atomic E-state index is 13.1. The van der Waals surface area contributed by atoms with Gasteiger partial charge in [-0.2, -0.15) is 0 Å². The van der Waals surface area contributed by atoms with Gasteiger partial charge in [0.1, 0.15) is 11.1 Å². The second-order valence-electron chi connectivity index (χ2n) is 6.42. The zero-order valence-corrected chi connectivity index (χ0v) is 16.4. The van der Waals surface area contributed by atoms with Gasteiger partial charge in [0.2, 0.25) is 11.1 Å². The summed E-state index contributed by atoms with van der Waals surface area (Å²) in [5.74, 6) is 0.635. The van der Waals surface area contributed by atoms with Crippen LogP contribution in [0.5, 0.6) is 0 Å². The first-order chi connectivity index (χ1) is 13.0. The van der Waals surface area contributed by atoms with Crippen LogP contribution in [0.2, 0.25) is 5.02 Å². The van der Waals surface area contributed by atoms with E-state index in [-0.39, 0.29) is 11.9 Å². The highest BCUT2D eigenvalue weighted by Crippen LogP contribution is 2.37. The predicted molar refractivity (Wildman–Crippen MR) is 108 cm³/mol. The minimum absolute atomic E-state index is 0.118. The number of anilines is 1. The number of carbonyl (C=O) groups is 1. The fourth-order valence-corrected chi connectivity index (χ4v) is 4.28. The molecule has 2 N–H and O–H groups in total. The number of fused-ring (bicyclic) bond motifs is 1. The molecule has 0 unspecified atom stereocenters. The predicted octanol–water partition coefficient (Wildman–Crippen LogP) is 3.95. The number of nitrogens with zero attached hydrogens (tertiary/aromatic N) is 3. The Labute approximate surface area is 166 Å². The number of aryl methyl sites for hydroxylation is 2. The van der Waals surface area contributed by atoms with Gasteiger partial charge in [-0.05, 0) is 37.6 Å². The summed E-state index contributed by atoms with van der Waals surface area (Å²) in [7, 11) is 0. The molecular weight excluding hydrogens is 382 g/mol. The number of hydrogen-bond donors (Lipinski definition) is 2. The third-order valence-corrected chi connectivity index (χ3v) is 5.84. The monoisotopic (exact) mass is 399 g/mol. The number of benzene rings is 2. The Kier molecular flexibility index (Phi) is 4.80. The highest BCUT2D eigenvalue weighted by atomic mass is 35.5. The van der Waals surface area contributed by atoms with Crippen LogP contribution in [0, 0.1) is 13.8 Å². The van der Waals surface area contributed by atoms with E-state index in [1.165, 1.54) is 17.3 Å². The molecular formula is C19H18ClN5OS. The number of nitrogens with one attached hydrogen (secondary N) is 2. The SMILES string of the molecule is Cc1ccc([C@H]2Nn3c(C)nnc3S[C@H]2C(=O)Nc2cccc(Cl)c2)cc1. The minimum Gasteiger partial charge on any atom is -0.325 e. The van der Waals surface area contributed by atoms with Gasteiger partial charge in [-0.3, -0.25) is 4.79 Å². The van der Waals surface area contributed by atoms with Gasteiger partial charge < -0.3 is 10.7 Å². The molecule has 2 atom stereocenters. The molecule has 1 amide bonds. The zero-order chi connectivity index (χ0) is 19.0. The van der Waals surface area contributed by atoms with E-state index in [0.29, 0.717) is 15.9 Å². The Morgan fingerprint density at radius 1 is 1.19 bits per heavy atom. The number of thioether (sulfide) groups is 1. The largest absolute Gasteiger partial charge is 0.325 e. The van der Waals surface area contributed by atoms with E-state index in [9.17, 15) is 4.79 Å². The molecule has 27 heavy (non-hydrogen) atoms. The minimum atomic E-state index is -0.414. The maximum absolute atomic E-state index is 13.1. The van der Waals surface area contributed by atoms with Gasteiger partial charge in [-0.15, -0.1) is 10.2 Å². The standard InChI is InChI=1S/C19H18ClN5OS/c1-11-6-8-13(9-7-11)16-17(27-19-23-22-12(2)25(19)24-16)18(26)21-15-5-3-4-14(20)10-15/h3-10,16-17,24H,1-2H3,(H,21,26)/t16-,17-/m1/s1. The Balaban J connectivity index is 1.66. The Morgan fingerprint density at radius 2 is 1.96 bits per heavy atom. The van der Waals surface area contributed by atoms with Crippen molar-refractivity contribution in [1.82, 2.24) is 14.9 Å². The van der Waals surface area contributed by atoms with Crippen molar-refractivity contribution >= 4 is 35.0 Å². The van der Waals surface area contributed by atoms with Crippen molar-refractivity contribution in [1.29, 1.82) is 0 Å². The number of hydrogen-bond acceptors (Lipinski definition) is 5. The van der Waals surface area contributed by atoms with Crippen LogP contribution in [0.1, 0.15) is 23.0 Å². The van der Waals surface area contributed by atoms with Gasteiger partial charge in [0.15, 0.2) is 0 Å². The molecule has 1 aromatic heterocycles. The summed E-state index contributed by atoms with van der Waals surface area (Å²) in [5, 5.41) is 12.1. The van der Waals surface area contributed by atoms with Crippen molar-refractivity contribution in [3.05, 3.63) is 70.5 Å². The normalized spacial score (nSPS) is 18.5. The summed E-state index contributed by atoms with van der Waals surface area (Å²) in [6, 6.07) is 15.1. The molecule has 0 spiro atoms. The van der Waals surface area contributed by atoms with E-state index >= 15 is 0 Å². The first-order valence-corrected chi connectivity index (χ1v) is 9.75. The molecule has 6 nitrogen and oxygen atoms in total. The van der Waals surface area contributed by atoms with Gasteiger partial charge >= 0.3 is 0 Å². The van der Waals surface area contributed by atoms with Crippen molar-refractivity contribution in [2.45, 2.75) is 30.3 Å². The quantitative estimate of drug-likeness (QED) is 0.697. The lowest BCUT2D eigenvalue weighted by Crippen LogP contribution is -2.41. The fourth-order valence-electron chi connectivity index (χ4n) is 2.96. The van der Waals surface area contributed by atoms with E-state index in [1.54, 1.807) is 12.1 Å². The molecule has 0 saturated heterocycles. The molecule has 0 aliphatic carbocycles. The average Bonchev–Trinajstić information content (AvgIpc) is 3.02. The molecule has 1 aliphatic rings. The topological polar surface area (TPSA) is 71.8 Å². The highest BCUT2D eigenvalue weighted by Gasteiger charge is 2.37. The number of rotatable bonds is 3. The lowest BCUT2D eigenvalue weighted by atomic mass is 10.0. The van der Waals surface area contributed by atoms with Crippen LogP contribution in [-0.4, -0.2) is 26.0 Å². The van der Waals surface area contributed by atoms with Crippen molar-refractivity contribution in [3.63, 3.8) is 0 Å². The fraction of sp³-hybridized carbons (Fsp3) is 0.211. The smallest absolute Gasteiger partial charge is 0.240 e. The Hall–Kier alpha value is -2.51. The maximum Gasteiger partial charge on any atom is 0.240 e. The number of carbonyl (C=O) groups excluding carboxylic acids is 1. The van der Waals surface area contributed by atoms with Gasteiger partial charge in [0, 0.05) is 10.7 Å². The third-order valence-electron chi connectivity index (χ3n) is 4.39. The van der Waals surface area contributed by atoms with Gasteiger partial charge in [0.05, 0.1) is 6.04 Å². The summed E-state index contributed by atoms with van der Waals surface area (Å²) < 4.78 is 1.83. The number of aromatic nitrogens is 3. The summed E-state index contributed by atoms with van der Waals surface area (Å²) in [4.78, 5) is 13.1. The first kappa shape index (κ1) is 17.9. The Morgan fingerprint density at radius 3 is 2.70 bits per heavy atom. The average molecular weight is 400 g/mol. The van der Waals surface area contributed by atoms with Crippen molar-refractivity contribution in [2.24, 2.45) is 0 Å². The summed E-state index contributed by atoms with van der Waals surface area (Å²) in [5.41, 5.74) is 6.25. The zero-order valence-electron chi connectivity index (χ0n) is 14.8. The first-order valence-electron chi connectivity index (χ1n) is 8.49. The van der Waals surface area contributed by atoms with Crippen molar-refractivity contribution in [3.8, 4) is 0 Å². The molecule has 2 aromatic carbocycles. The molecule has 4 rings (SSSR count). The summed E-state index contributed by atoms with van der Waals surface area (Å²) in [6.45, 7) is 3.92. The van der Waals surface area contributed by atoms with E-state index in [2.05, 4.69) is 20.9 Å². The lowest BCUT2D eigenvalue weighted by Gasteiger charge is -2.32. The molecule has 0 bridgehead atoms. The molecule has 0 saturated carbocycles. The molecule has 138 valence electrons. The van der Waals surface area contributed by atoms with Crippen LogP contribution in [-0.2, 0) is 4.79 Å². The van der Waals surface area contributed by atoms with Crippen LogP contribution in [0.15, 0.2) is 53.7 Å². The van der Waals surface area contributed by atoms with E-state index in [4.69, 9.17) is 11.6 Å². The summed E-state index contributed by atoms with van der Waals surface area (Å²) >= 11 is 7.43.